The molecule has 0 amide bonds. The molecule has 0 saturated carbocycles. The largest absolute Gasteiger partial charge is 0.353 e. The van der Waals surface area contributed by atoms with Crippen LogP contribution >= 0.6 is 24.0 Å². The Hall–Kier alpha value is -1.92. The van der Waals surface area contributed by atoms with Gasteiger partial charge in [-0.3, -0.25) is 4.99 Å². The maximum atomic E-state index is 12.6. The predicted octanol–water partition coefficient (Wildman–Crippen LogP) is 2.63. The van der Waals surface area contributed by atoms with Gasteiger partial charge >= 0.3 is 0 Å². The highest BCUT2D eigenvalue weighted by Crippen LogP contribution is 2.17. The lowest BCUT2D eigenvalue weighted by atomic mass is 10.2. The number of aliphatic imine (C=N–C) groups is 1. The molecule has 1 aliphatic rings. The maximum Gasteiger partial charge on any atom is 0.243 e. The van der Waals surface area contributed by atoms with Crippen LogP contribution in [0, 0.1) is 0 Å². The average Bonchev–Trinajstić information content (AvgIpc) is 2.80. The zero-order chi connectivity index (χ0) is 22.4. The van der Waals surface area contributed by atoms with Crippen molar-refractivity contribution in [1.82, 2.24) is 19.5 Å². The quantitative estimate of drug-likeness (QED) is 0.326. The Morgan fingerprint density at radius 2 is 1.78 bits per heavy atom. The van der Waals surface area contributed by atoms with Crippen LogP contribution in [0.5, 0.6) is 0 Å². The summed E-state index contributed by atoms with van der Waals surface area (Å²) in [6, 6.07) is 12.9. The van der Waals surface area contributed by atoms with Gasteiger partial charge in [0.15, 0.2) is 5.96 Å². The summed E-state index contributed by atoms with van der Waals surface area (Å²) in [6.07, 6.45) is 1.82. The summed E-state index contributed by atoms with van der Waals surface area (Å²) in [5.74, 6) is 1.85. The zero-order valence-corrected chi connectivity index (χ0v) is 22.2. The minimum absolute atomic E-state index is 0. The molecule has 10 heteroatoms. The van der Waals surface area contributed by atoms with Crippen LogP contribution in [-0.4, -0.2) is 74.9 Å². The second-order valence-corrected chi connectivity index (χ2v) is 9.82. The van der Waals surface area contributed by atoms with Crippen molar-refractivity contribution in [3.05, 3.63) is 54.2 Å². The second kappa shape index (κ2) is 11.8. The fourth-order valence-corrected chi connectivity index (χ4v) is 4.79. The van der Waals surface area contributed by atoms with Gasteiger partial charge in [-0.25, -0.2) is 13.4 Å². The van der Waals surface area contributed by atoms with Crippen molar-refractivity contribution in [2.75, 3.05) is 45.2 Å². The number of benzene rings is 1. The molecule has 0 unspecified atom stereocenters. The summed E-state index contributed by atoms with van der Waals surface area (Å²) in [7, 11) is -0.0782. The molecule has 32 heavy (non-hydrogen) atoms. The van der Waals surface area contributed by atoms with Gasteiger partial charge in [-0.2, -0.15) is 4.31 Å². The number of aromatic nitrogens is 1. The van der Waals surface area contributed by atoms with Gasteiger partial charge in [0.1, 0.15) is 5.82 Å². The molecular formula is C22H33IN6O2S. The molecule has 0 radical (unpaired) electrons. The van der Waals surface area contributed by atoms with Crippen molar-refractivity contribution in [3.8, 4) is 0 Å². The SMILES string of the molecule is CN=C(NCc1ccc(S(=O)(=O)N(C)C(C)C)cc1)N1CCN(c2ccccn2)CC1.I. The van der Waals surface area contributed by atoms with E-state index in [1.54, 1.807) is 26.2 Å². The third kappa shape index (κ3) is 6.32. The Morgan fingerprint density at radius 3 is 2.31 bits per heavy atom. The molecule has 0 aliphatic carbocycles. The Morgan fingerprint density at radius 1 is 1.12 bits per heavy atom. The third-order valence-corrected chi connectivity index (χ3v) is 7.59. The van der Waals surface area contributed by atoms with Crippen LogP contribution in [0.3, 0.4) is 0 Å². The molecule has 0 bridgehead atoms. The standard InChI is InChI=1S/C22H32N6O2S.HI/c1-18(2)26(4)31(29,30)20-10-8-19(9-11-20)17-25-22(23-3)28-15-13-27(14-16-28)21-7-5-6-12-24-21;/h5-12,18H,13-17H2,1-4H3,(H,23,25);1H. The van der Waals surface area contributed by atoms with E-state index in [1.165, 1.54) is 4.31 Å². The Balaban J connectivity index is 0.00000363. The van der Waals surface area contributed by atoms with E-state index >= 15 is 0 Å². The number of hydrogen-bond donors (Lipinski definition) is 1. The monoisotopic (exact) mass is 572 g/mol. The summed E-state index contributed by atoms with van der Waals surface area (Å²) < 4.78 is 26.6. The van der Waals surface area contributed by atoms with Gasteiger partial charge in [0, 0.05) is 59.1 Å². The molecule has 1 aromatic carbocycles. The van der Waals surface area contributed by atoms with Crippen molar-refractivity contribution >= 4 is 45.8 Å². The van der Waals surface area contributed by atoms with E-state index in [2.05, 4.69) is 25.1 Å². The van der Waals surface area contributed by atoms with E-state index in [1.807, 2.05) is 50.4 Å². The molecule has 1 aromatic heterocycles. The van der Waals surface area contributed by atoms with E-state index in [0.29, 0.717) is 11.4 Å². The van der Waals surface area contributed by atoms with E-state index in [0.717, 1.165) is 43.5 Å². The van der Waals surface area contributed by atoms with Crippen LogP contribution < -0.4 is 10.2 Å². The highest BCUT2D eigenvalue weighted by molar-refractivity contribution is 14.0. The van der Waals surface area contributed by atoms with Crippen LogP contribution in [0.1, 0.15) is 19.4 Å². The summed E-state index contributed by atoms with van der Waals surface area (Å²) in [5, 5.41) is 3.39. The molecule has 8 nitrogen and oxygen atoms in total. The minimum atomic E-state index is -3.47. The van der Waals surface area contributed by atoms with E-state index < -0.39 is 10.0 Å². The van der Waals surface area contributed by atoms with Gasteiger partial charge in [-0.05, 0) is 43.7 Å². The third-order valence-electron chi connectivity index (χ3n) is 5.54. The van der Waals surface area contributed by atoms with Crippen molar-refractivity contribution in [3.63, 3.8) is 0 Å². The minimum Gasteiger partial charge on any atom is -0.353 e. The number of nitrogens with zero attached hydrogens (tertiary/aromatic N) is 5. The first kappa shape index (κ1) is 26.3. The molecule has 176 valence electrons. The molecule has 0 spiro atoms. The fourth-order valence-electron chi connectivity index (χ4n) is 3.42. The molecule has 2 heterocycles. The molecule has 0 atom stereocenters. The molecule has 1 N–H and O–H groups in total. The second-order valence-electron chi connectivity index (χ2n) is 7.82. The average molecular weight is 573 g/mol. The van der Waals surface area contributed by atoms with Crippen LogP contribution in [0.15, 0.2) is 58.5 Å². The van der Waals surface area contributed by atoms with Crippen LogP contribution in [0.4, 0.5) is 5.82 Å². The number of hydrogen-bond acceptors (Lipinski definition) is 5. The van der Waals surface area contributed by atoms with Gasteiger partial charge < -0.3 is 15.1 Å². The van der Waals surface area contributed by atoms with Gasteiger partial charge in [0.2, 0.25) is 10.0 Å². The summed E-state index contributed by atoms with van der Waals surface area (Å²) in [4.78, 5) is 13.7. The Labute approximate surface area is 208 Å². The fraction of sp³-hybridized carbons (Fsp3) is 0.455. The van der Waals surface area contributed by atoms with E-state index in [9.17, 15) is 8.42 Å². The van der Waals surface area contributed by atoms with Crippen molar-refractivity contribution in [2.45, 2.75) is 31.3 Å². The lowest BCUT2D eigenvalue weighted by molar-refractivity contribution is 0.371. The van der Waals surface area contributed by atoms with Crippen LogP contribution in [-0.2, 0) is 16.6 Å². The van der Waals surface area contributed by atoms with Crippen molar-refractivity contribution in [2.24, 2.45) is 4.99 Å². The van der Waals surface area contributed by atoms with Gasteiger partial charge in [0.25, 0.3) is 0 Å². The molecule has 1 aliphatic heterocycles. The van der Waals surface area contributed by atoms with Crippen LogP contribution in [0.25, 0.3) is 0 Å². The number of piperazine rings is 1. The molecule has 3 rings (SSSR count). The van der Waals surface area contributed by atoms with Gasteiger partial charge in [-0.1, -0.05) is 18.2 Å². The number of anilines is 1. The number of nitrogens with one attached hydrogen (secondary N) is 1. The van der Waals surface area contributed by atoms with Gasteiger partial charge in [-0.15, -0.1) is 24.0 Å². The number of pyridine rings is 1. The summed E-state index contributed by atoms with van der Waals surface area (Å²) >= 11 is 0. The first-order chi connectivity index (χ1) is 14.8. The van der Waals surface area contributed by atoms with Crippen LogP contribution in [0.2, 0.25) is 0 Å². The zero-order valence-electron chi connectivity index (χ0n) is 19.1. The van der Waals surface area contributed by atoms with E-state index in [-0.39, 0.29) is 30.0 Å². The smallest absolute Gasteiger partial charge is 0.243 e. The number of sulfonamides is 1. The van der Waals surface area contributed by atoms with Crippen molar-refractivity contribution in [1.29, 1.82) is 0 Å². The number of rotatable bonds is 6. The lowest BCUT2D eigenvalue weighted by Crippen LogP contribution is -2.52. The summed E-state index contributed by atoms with van der Waals surface area (Å²) in [6.45, 7) is 7.77. The summed E-state index contributed by atoms with van der Waals surface area (Å²) in [5.41, 5.74) is 0.999. The molecule has 1 fully saturated rings. The highest BCUT2D eigenvalue weighted by Gasteiger charge is 2.23. The first-order valence-corrected chi connectivity index (χ1v) is 12.0. The van der Waals surface area contributed by atoms with Crippen molar-refractivity contribution < 1.29 is 8.42 Å². The molecular weight excluding hydrogens is 539 g/mol. The highest BCUT2D eigenvalue weighted by atomic mass is 127. The molecule has 1 saturated heterocycles. The normalized spacial score (nSPS) is 15.1. The lowest BCUT2D eigenvalue weighted by Gasteiger charge is -2.37. The maximum absolute atomic E-state index is 12.6. The van der Waals surface area contributed by atoms with Gasteiger partial charge in [0.05, 0.1) is 4.90 Å². The predicted molar refractivity (Wildman–Crippen MR) is 140 cm³/mol. The number of halogens is 1. The Kier molecular flexibility index (Phi) is 9.71. The van der Waals surface area contributed by atoms with E-state index in [4.69, 9.17) is 0 Å². The number of guanidine groups is 1. The topological polar surface area (TPSA) is 81.1 Å². The molecule has 2 aromatic rings. The first-order valence-electron chi connectivity index (χ1n) is 10.5. The Bertz CT molecular complexity index is 975.